The minimum atomic E-state index is -1.17. The summed E-state index contributed by atoms with van der Waals surface area (Å²) in [6.45, 7) is 0. The van der Waals surface area contributed by atoms with Crippen molar-refractivity contribution in [3.8, 4) is 16.9 Å². The van der Waals surface area contributed by atoms with E-state index in [0.29, 0.717) is 33.2 Å². The summed E-state index contributed by atoms with van der Waals surface area (Å²) in [6.07, 6.45) is 3.02. The highest BCUT2D eigenvalue weighted by molar-refractivity contribution is 6.31. The van der Waals surface area contributed by atoms with E-state index in [4.69, 9.17) is 23.2 Å². The normalized spacial score (nSPS) is 11.7. The Hall–Kier alpha value is -4.88. The van der Waals surface area contributed by atoms with Crippen LogP contribution in [-0.4, -0.2) is 60.6 Å². The Labute approximate surface area is 236 Å². The standard InChI is InChI=1S/C25H20Cl2N8O5/c1-40-25(39)29-17-6-2-14(3-7-17)19-11-18(24(27)32-31-19)20(12-23(37)38)30-22(36)9-4-15-10-16(26)5-8-21(15)35-13-28-33-34-35/h2-11,13,20H,12H2,1H3,(H,29,39)(H,30,36)(H,37,38). The fourth-order valence-electron chi connectivity index (χ4n) is 3.61. The van der Waals surface area contributed by atoms with Crippen molar-refractivity contribution in [2.45, 2.75) is 12.5 Å². The number of amides is 2. The highest BCUT2D eigenvalue weighted by Crippen LogP contribution is 2.28. The number of carbonyl (C=O) groups is 3. The Morgan fingerprint density at radius 2 is 1.88 bits per heavy atom. The third-order valence-electron chi connectivity index (χ3n) is 5.46. The van der Waals surface area contributed by atoms with Gasteiger partial charge < -0.3 is 15.2 Å². The van der Waals surface area contributed by atoms with E-state index in [2.05, 4.69) is 41.1 Å². The predicted octanol–water partition coefficient (Wildman–Crippen LogP) is 3.95. The van der Waals surface area contributed by atoms with E-state index in [1.54, 1.807) is 48.5 Å². The summed E-state index contributed by atoms with van der Waals surface area (Å²) >= 11 is 12.4. The van der Waals surface area contributed by atoms with Crippen LogP contribution in [0.4, 0.5) is 10.5 Å². The molecule has 0 saturated carbocycles. The van der Waals surface area contributed by atoms with Crippen LogP contribution < -0.4 is 10.6 Å². The van der Waals surface area contributed by atoms with Gasteiger partial charge in [-0.05, 0) is 52.9 Å². The lowest BCUT2D eigenvalue weighted by Gasteiger charge is -2.18. The molecule has 1 atom stereocenters. The molecule has 4 aromatic rings. The number of aromatic nitrogens is 6. The minimum Gasteiger partial charge on any atom is -0.481 e. The molecule has 204 valence electrons. The fraction of sp³-hybridized carbons (Fsp3) is 0.120. The van der Waals surface area contributed by atoms with Gasteiger partial charge in [0.15, 0.2) is 5.15 Å². The Morgan fingerprint density at radius 1 is 1.10 bits per heavy atom. The van der Waals surface area contributed by atoms with Gasteiger partial charge in [0, 0.05) is 33.5 Å². The summed E-state index contributed by atoms with van der Waals surface area (Å²) in [4.78, 5) is 35.9. The molecule has 1 unspecified atom stereocenters. The van der Waals surface area contributed by atoms with Gasteiger partial charge in [-0.25, -0.2) is 4.79 Å². The van der Waals surface area contributed by atoms with Crippen LogP contribution in [0.5, 0.6) is 0 Å². The second-order valence-corrected chi connectivity index (χ2v) is 8.91. The van der Waals surface area contributed by atoms with Gasteiger partial charge in [-0.1, -0.05) is 35.3 Å². The zero-order valence-corrected chi connectivity index (χ0v) is 22.2. The van der Waals surface area contributed by atoms with E-state index in [9.17, 15) is 19.5 Å². The third-order valence-corrected chi connectivity index (χ3v) is 5.99. The monoisotopic (exact) mass is 582 g/mol. The maximum atomic E-state index is 12.9. The zero-order valence-electron chi connectivity index (χ0n) is 20.7. The van der Waals surface area contributed by atoms with E-state index < -0.39 is 30.4 Å². The van der Waals surface area contributed by atoms with Gasteiger partial charge >= 0.3 is 12.1 Å². The minimum absolute atomic E-state index is 0.0703. The number of hydrogen-bond acceptors (Lipinski definition) is 9. The van der Waals surface area contributed by atoms with Gasteiger partial charge in [0.25, 0.3) is 0 Å². The maximum absolute atomic E-state index is 12.9. The number of carboxylic acids is 1. The number of hydrogen-bond donors (Lipinski definition) is 3. The quantitative estimate of drug-likeness (QED) is 0.245. The average molecular weight is 583 g/mol. The molecule has 2 heterocycles. The Balaban J connectivity index is 1.57. The number of tetrazole rings is 1. The summed E-state index contributed by atoms with van der Waals surface area (Å²) in [6, 6.07) is 12.1. The molecule has 0 aliphatic carbocycles. The number of nitrogens with zero attached hydrogens (tertiary/aromatic N) is 6. The number of carboxylic acid groups (broad SMARTS) is 1. The van der Waals surface area contributed by atoms with E-state index in [1.165, 1.54) is 30.3 Å². The van der Waals surface area contributed by atoms with Crippen LogP contribution in [0.15, 0.2) is 60.9 Å². The van der Waals surface area contributed by atoms with Crippen LogP contribution in [0.1, 0.15) is 23.6 Å². The van der Waals surface area contributed by atoms with Gasteiger partial charge in [-0.15, -0.1) is 15.3 Å². The zero-order chi connectivity index (χ0) is 28.6. The largest absolute Gasteiger partial charge is 0.481 e. The molecular formula is C25H20Cl2N8O5. The lowest BCUT2D eigenvalue weighted by Crippen LogP contribution is -2.29. The molecule has 0 aliphatic heterocycles. The van der Waals surface area contributed by atoms with Crippen molar-refractivity contribution < 1.29 is 24.2 Å². The Bertz CT molecular complexity index is 1560. The van der Waals surface area contributed by atoms with Gasteiger partial charge in [-0.2, -0.15) is 4.68 Å². The van der Waals surface area contributed by atoms with Crippen molar-refractivity contribution >= 4 is 52.9 Å². The summed E-state index contributed by atoms with van der Waals surface area (Å²) < 4.78 is 5.97. The summed E-state index contributed by atoms with van der Waals surface area (Å²) in [5.41, 5.74) is 2.83. The summed E-state index contributed by atoms with van der Waals surface area (Å²) in [5, 5.41) is 34.2. The number of benzene rings is 2. The fourth-order valence-corrected chi connectivity index (χ4v) is 4.01. The predicted molar refractivity (Wildman–Crippen MR) is 145 cm³/mol. The van der Waals surface area contributed by atoms with Gasteiger partial charge in [-0.3, -0.25) is 14.9 Å². The molecule has 4 rings (SSSR count). The smallest absolute Gasteiger partial charge is 0.411 e. The molecule has 3 N–H and O–H groups in total. The number of ether oxygens (including phenoxy) is 1. The molecule has 2 aromatic heterocycles. The molecule has 0 fully saturated rings. The van der Waals surface area contributed by atoms with Gasteiger partial charge in [0.2, 0.25) is 5.91 Å². The first-order valence-corrected chi connectivity index (χ1v) is 12.2. The van der Waals surface area contributed by atoms with Crippen molar-refractivity contribution in [3.05, 3.63) is 82.2 Å². The number of nitrogens with one attached hydrogen (secondary N) is 2. The molecular weight excluding hydrogens is 563 g/mol. The molecule has 2 amide bonds. The third kappa shape index (κ3) is 7.15. The Morgan fingerprint density at radius 3 is 2.55 bits per heavy atom. The van der Waals surface area contributed by atoms with Crippen molar-refractivity contribution in [2.24, 2.45) is 0 Å². The van der Waals surface area contributed by atoms with Crippen molar-refractivity contribution in [1.82, 2.24) is 35.7 Å². The Kier molecular flexibility index (Phi) is 8.99. The van der Waals surface area contributed by atoms with Crippen LogP contribution in [0, 0.1) is 0 Å². The molecule has 0 radical (unpaired) electrons. The molecule has 0 saturated heterocycles. The molecule has 2 aromatic carbocycles. The molecule has 40 heavy (non-hydrogen) atoms. The second kappa shape index (κ2) is 12.8. The number of anilines is 1. The van der Waals surface area contributed by atoms with Crippen LogP contribution in [0.3, 0.4) is 0 Å². The molecule has 0 spiro atoms. The van der Waals surface area contributed by atoms with Crippen molar-refractivity contribution in [2.75, 3.05) is 12.4 Å². The van der Waals surface area contributed by atoms with Crippen molar-refractivity contribution in [1.29, 1.82) is 0 Å². The lowest BCUT2D eigenvalue weighted by atomic mass is 10.0. The maximum Gasteiger partial charge on any atom is 0.411 e. The van der Waals surface area contributed by atoms with Crippen LogP contribution >= 0.6 is 23.2 Å². The molecule has 0 aliphatic rings. The van der Waals surface area contributed by atoms with E-state index in [-0.39, 0.29) is 10.7 Å². The van der Waals surface area contributed by atoms with E-state index >= 15 is 0 Å². The number of methoxy groups -OCH3 is 1. The van der Waals surface area contributed by atoms with Crippen LogP contribution in [0.25, 0.3) is 23.0 Å². The number of aliphatic carboxylic acids is 1. The highest BCUT2D eigenvalue weighted by Gasteiger charge is 2.22. The second-order valence-electron chi connectivity index (χ2n) is 8.12. The molecule has 0 bridgehead atoms. The summed E-state index contributed by atoms with van der Waals surface area (Å²) in [5.74, 6) is -1.76. The SMILES string of the molecule is COC(=O)Nc1ccc(-c2cc(C(CC(=O)O)NC(=O)C=Cc3cc(Cl)ccc3-n3cnnn3)c(Cl)nn2)cc1. The van der Waals surface area contributed by atoms with E-state index in [1.807, 2.05) is 0 Å². The molecule has 15 heteroatoms. The van der Waals surface area contributed by atoms with E-state index in [0.717, 1.165) is 0 Å². The first-order chi connectivity index (χ1) is 19.2. The van der Waals surface area contributed by atoms with Crippen LogP contribution in [-0.2, 0) is 14.3 Å². The average Bonchev–Trinajstić information content (AvgIpc) is 3.47. The van der Waals surface area contributed by atoms with Crippen molar-refractivity contribution in [3.63, 3.8) is 0 Å². The van der Waals surface area contributed by atoms with Gasteiger partial charge in [0.05, 0.1) is 31.0 Å². The number of halogens is 2. The number of carbonyl (C=O) groups excluding carboxylic acids is 2. The lowest BCUT2D eigenvalue weighted by molar-refractivity contribution is -0.137. The first-order valence-electron chi connectivity index (χ1n) is 11.5. The first kappa shape index (κ1) is 28.1. The highest BCUT2D eigenvalue weighted by atomic mass is 35.5. The summed E-state index contributed by atoms with van der Waals surface area (Å²) in [7, 11) is 1.25. The molecule has 13 nitrogen and oxygen atoms in total. The topological polar surface area (TPSA) is 174 Å². The van der Waals surface area contributed by atoms with Gasteiger partial charge in [0.1, 0.15) is 6.33 Å². The number of rotatable bonds is 9. The van der Waals surface area contributed by atoms with Crippen LogP contribution in [0.2, 0.25) is 10.2 Å².